The van der Waals surface area contributed by atoms with E-state index >= 15 is 0 Å². The van der Waals surface area contributed by atoms with Crippen LogP contribution in [0.5, 0.6) is 0 Å². The Balaban J connectivity index is 0.000000211. The number of nitriles is 1. The summed E-state index contributed by atoms with van der Waals surface area (Å²) in [5.74, 6) is 1.45. The van der Waals surface area contributed by atoms with Crippen molar-refractivity contribution in [2.45, 2.75) is 234 Å². The van der Waals surface area contributed by atoms with E-state index < -0.39 is 0 Å². The van der Waals surface area contributed by atoms with Crippen LogP contribution in [0.25, 0.3) is 0 Å². The van der Waals surface area contributed by atoms with Gasteiger partial charge in [-0.15, -0.1) is 0 Å². The summed E-state index contributed by atoms with van der Waals surface area (Å²) >= 11 is 0. The highest BCUT2D eigenvalue weighted by Gasteiger charge is 2.27. The fraction of sp³-hybridized carbons (Fsp3) is 0.556. The molecule has 500 valence electrons. The molecular weight excluding hydrogens is 1140 g/mol. The summed E-state index contributed by atoms with van der Waals surface area (Å²) in [6.07, 6.45) is 12.8. The predicted molar refractivity (Wildman–Crippen MR) is 382 cm³/mol. The van der Waals surface area contributed by atoms with Gasteiger partial charge in [0.2, 0.25) is 0 Å². The molecule has 3 amide bonds. The summed E-state index contributed by atoms with van der Waals surface area (Å²) in [6.45, 7) is 44.1. The van der Waals surface area contributed by atoms with E-state index in [0.717, 1.165) is 111 Å². The molecule has 5 aromatic rings. The molecule has 4 fully saturated rings. The first-order chi connectivity index (χ1) is 43.2. The third kappa shape index (κ3) is 26.3. The van der Waals surface area contributed by atoms with Crippen molar-refractivity contribution in [3.8, 4) is 6.07 Å². The highest BCUT2D eigenvalue weighted by Crippen LogP contribution is 2.29. The Labute approximate surface area is 556 Å². The van der Waals surface area contributed by atoms with Crippen molar-refractivity contribution in [3.05, 3.63) is 177 Å². The Morgan fingerprint density at radius 1 is 0.467 bits per heavy atom. The Bertz CT molecular complexity index is 3130. The molecule has 11 heteroatoms. The van der Waals surface area contributed by atoms with Crippen LogP contribution in [0.2, 0.25) is 0 Å². The number of ketones is 2. The zero-order chi connectivity index (χ0) is 68.0. The minimum absolute atomic E-state index is 0.0531. The number of amides is 3. The zero-order valence-electron chi connectivity index (χ0n) is 59.8. The summed E-state index contributed by atoms with van der Waals surface area (Å²) in [6, 6.07) is 43.3. The third-order valence-corrected chi connectivity index (χ3v) is 17.9. The molecule has 5 aromatic carbocycles. The Morgan fingerprint density at radius 3 is 1.25 bits per heavy atom. The number of benzene rings is 5. The fourth-order valence-electron chi connectivity index (χ4n) is 10.8. The number of likely N-dealkylation sites (tertiary alicyclic amines) is 1. The van der Waals surface area contributed by atoms with Gasteiger partial charge < -0.3 is 20.4 Å². The molecule has 11 nitrogen and oxygen atoms in total. The zero-order valence-corrected chi connectivity index (χ0v) is 59.8. The molecule has 2 saturated heterocycles. The van der Waals surface area contributed by atoms with Gasteiger partial charge in [-0.25, -0.2) is 0 Å². The molecule has 2 N–H and O–H groups in total. The lowest BCUT2D eigenvalue weighted by Gasteiger charge is -2.34. The second-order valence-corrected chi connectivity index (χ2v) is 31.1. The average molecular weight is 1250 g/mol. The van der Waals surface area contributed by atoms with Gasteiger partial charge in [0.25, 0.3) is 17.7 Å². The number of hydrogen-bond donors (Lipinski definition) is 2. The van der Waals surface area contributed by atoms with Crippen molar-refractivity contribution < 1.29 is 24.0 Å². The van der Waals surface area contributed by atoms with Gasteiger partial charge in [-0.1, -0.05) is 202 Å². The minimum Gasteiger partial charge on any atom is -0.352 e. The van der Waals surface area contributed by atoms with Crippen LogP contribution in [0.1, 0.15) is 274 Å². The van der Waals surface area contributed by atoms with Crippen LogP contribution in [0, 0.1) is 17.2 Å². The van der Waals surface area contributed by atoms with Gasteiger partial charge >= 0.3 is 0 Å². The van der Waals surface area contributed by atoms with Gasteiger partial charge in [0.05, 0.1) is 6.07 Å². The molecule has 2 heterocycles. The van der Waals surface area contributed by atoms with Gasteiger partial charge in [-0.3, -0.25) is 28.9 Å². The largest absolute Gasteiger partial charge is 0.352 e. The number of piperazine rings is 1. The van der Waals surface area contributed by atoms with E-state index in [4.69, 9.17) is 5.26 Å². The Hall–Kier alpha value is -6.74. The van der Waals surface area contributed by atoms with Gasteiger partial charge in [-0.2, -0.15) is 5.26 Å². The normalized spacial score (nSPS) is 16.3. The number of unbranched alkanes of at least 4 members (excludes halogenated alkanes) is 1. The molecule has 2 saturated carbocycles. The van der Waals surface area contributed by atoms with Gasteiger partial charge in [0.1, 0.15) is 0 Å². The van der Waals surface area contributed by atoms with Crippen LogP contribution in [0.4, 0.5) is 0 Å². The highest BCUT2D eigenvalue weighted by molar-refractivity contribution is 5.97. The van der Waals surface area contributed by atoms with E-state index in [0.29, 0.717) is 25.3 Å². The molecule has 0 bridgehead atoms. The molecule has 0 aromatic heterocycles. The number of rotatable bonds is 16. The first kappa shape index (κ1) is 76.0. The van der Waals surface area contributed by atoms with Gasteiger partial charge in [0.15, 0.2) is 11.6 Å². The lowest BCUT2D eigenvalue weighted by molar-refractivity contribution is 0.0639. The number of Topliss-reactive ketones (excluding diaryl/α,β-unsaturated/α-hetero) is 2. The van der Waals surface area contributed by atoms with E-state index in [1.165, 1.54) is 66.5 Å². The summed E-state index contributed by atoms with van der Waals surface area (Å²) in [5, 5.41) is 14.6. The Morgan fingerprint density at radius 2 is 0.870 bits per heavy atom. The molecule has 0 spiro atoms. The van der Waals surface area contributed by atoms with E-state index in [-0.39, 0.29) is 56.4 Å². The maximum absolute atomic E-state index is 12.5. The lowest BCUT2D eigenvalue weighted by atomic mass is 9.86. The van der Waals surface area contributed by atoms with Crippen LogP contribution in [0.3, 0.4) is 0 Å². The highest BCUT2D eigenvalue weighted by atomic mass is 16.2. The topological polar surface area (TPSA) is 143 Å². The van der Waals surface area contributed by atoms with Crippen LogP contribution >= 0.6 is 0 Å². The summed E-state index contributed by atoms with van der Waals surface area (Å²) in [7, 11) is 0. The number of nitrogens with one attached hydrogen (secondary N) is 2. The summed E-state index contributed by atoms with van der Waals surface area (Å²) < 4.78 is 0. The number of carbonyl (C=O) groups is 5. The average Bonchev–Trinajstić information content (AvgIpc) is 1.43. The number of carbonyl (C=O) groups excluding carboxylic acids is 5. The molecule has 4 aliphatic rings. The first-order valence-electron chi connectivity index (χ1n) is 34.5. The van der Waals surface area contributed by atoms with Crippen molar-refractivity contribution in [1.82, 2.24) is 25.3 Å². The van der Waals surface area contributed by atoms with Crippen LogP contribution in [-0.4, -0.2) is 108 Å². The van der Waals surface area contributed by atoms with Gasteiger partial charge in [0, 0.05) is 98.4 Å². The molecule has 92 heavy (non-hydrogen) atoms. The lowest BCUT2D eigenvalue weighted by Crippen LogP contribution is -2.48. The molecular formula is C81H116N6O5. The van der Waals surface area contributed by atoms with Crippen molar-refractivity contribution in [2.24, 2.45) is 5.92 Å². The standard InChI is InChI=1S/C21H33NO.C18H25N3O.C15H21NO.C14H19NO.C13H18O/c1-17-9-5-7-15-22(17)16-8-6-10-20(23)18-11-13-19(14-12-18)21(2,3)4;1-18(2,3)16-7-5-15(6-8-16)17(22)21-13-11-20(12-14-21)10-4-9-19;1-15(2,3)13-8-6-12(7-9-13)14(17)16-10-11-4-5-11;1-14(2,3)11-6-4-10(5-7-11)13(16)15-12-8-9-12;1-5-12(14)10-6-8-11(9-7-10)13(2,3)4/h11-14,17H,5-10,15-16H2,1-4H3;5-8H,4,10-14H2,1-3H3;6-9,11H,4-5,10H2,1-3H3,(H,16,17);4-7,12H,8-9H2,1-3H3,(H,15,16);6-9H,5H2,1-4H3. The molecule has 1 atom stereocenters. The van der Waals surface area contributed by atoms with Crippen molar-refractivity contribution in [1.29, 1.82) is 5.26 Å². The van der Waals surface area contributed by atoms with E-state index in [1.54, 1.807) is 0 Å². The molecule has 1 unspecified atom stereocenters. The van der Waals surface area contributed by atoms with E-state index in [2.05, 4.69) is 162 Å². The molecule has 2 aliphatic heterocycles. The predicted octanol–water partition coefficient (Wildman–Crippen LogP) is 17.4. The van der Waals surface area contributed by atoms with Crippen LogP contribution in [0.15, 0.2) is 121 Å². The third-order valence-electron chi connectivity index (χ3n) is 17.9. The Kier molecular flexibility index (Phi) is 28.9. The molecule has 0 radical (unpaired) electrons. The van der Waals surface area contributed by atoms with Crippen LogP contribution in [-0.2, 0) is 27.1 Å². The first-order valence-corrected chi connectivity index (χ1v) is 34.5. The monoisotopic (exact) mass is 1250 g/mol. The van der Waals surface area contributed by atoms with E-state index in [1.807, 2.05) is 109 Å². The number of nitrogens with zero attached hydrogens (tertiary/aromatic N) is 4. The van der Waals surface area contributed by atoms with E-state index in [9.17, 15) is 24.0 Å². The molecule has 9 rings (SSSR count). The summed E-state index contributed by atoms with van der Waals surface area (Å²) in [5.41, 5.74) is 11.0. The smallest absolute Gasteiger partial charge is 0.253 e. The number of piperidine rings is 1. The number of hydrogen-bond acceptors (Lipinski definition) is 8. The SMILES string of the molecule is CC(C)(C)c1ccc(C(=O)N2CCN(CCC#N)CC2)cc1.CC(C)(C)c1ccc(C(=O)NC2CC2)cc1.CC(C)(C)c1ccc(C(=O)NCC2CC2)cc1.CC1CCCCN1CCCCC(=O)c1ccc(C(C)(C)C)cc1.CCC(=O)c1ccc(C(C)(C)C)cc1. The molecule has 2 aliphatic carbocycles. The second kappa shape index (κ2) is 35.0. The van der Waals surface area contributed by atoms with Crippen molar-refractivity contribution in [2.75, 3.05) is 52.4 Å². The summed E-state index contributed by atoms with van der Waals surface area (Å²) in [4.78, 5) is 66.5. The minimum atomic E-state index is 0.0531. The maximum atomic E-state index is 12.5. The second-order valence-electron chi connectivity index (χ2n) is 31.1. The quantitative estimate of drug-likeness (QED) is 0.0734. The van der Waals surface area contributed by atoms with Crippen LogP contribution < -0.4 is 10.6 Å². The maximum Gasteiger partial charge on any atom is 0.253 e. The van der Waals surface area contributed by atoms with Crippen molar-refractivity contribution >= 4 is 29.3 Å². The van der Waals surface area contributed by atoms with Gasteiger partial charge in [-0.05, 0) is 169 Å². The fourth-order valence-corrected chi connectivity index (χ4v) is 10.8. The van der Waals surface area contributed by atoms with Crippen molar-refractivity contribution in [3.63, 3.8) is 0 Å².